The van der Waals surface area contributed by atoms with Crippen molar-refractivity contribution in [3.63, 3.8) is 0 Å². The Morgan fingerprint density at radius 3 is 3.04 bits per heavy atom. The molecule has 4 rings (SSSR count). The fourth-order valence-electron chi connectivity index (χ4n) is 2.67. The molecule has 23 heavy (non-hydrogen) atoms. The first kappa shape index (κ1) is 13.4. The summed E-state index contributed by atoms with van der Waals surface area (Å²) >= 11 is 0. The summed E-state index contributed by atoms with van der Waals surface area (Å²) in [6, 6.07) is 7.51. The number of pyridine rings is 1. The molecule has 7 nitrogen and oxygen atoms in total. The van der Waals surface area contributed by atoms with Crippen LogP contribution in [-0.4, -0.2) is 24.9 Å². The van der Waals surface area contributed by atoms with Crippen LogP contribution in [-0.2, 0) is 6.54 Å². The van der Waals surface area contributed by atoms with Crippen LogP contribution in [0.1, 0.15) is 11.4 Å². The molecule has 0 amide bonds. The maximum absolute atomic E-state index is 12.3. The summed E-state index contributed by atoms with van der Waals surface area (Å²) < 4.78 is 0. The molecule has 3 aromatic heterocycles. The Morgan fingerprint density at radius 2 is 2.13 bits per heavy atom. The van der Waals surface area contributed by atoms with Gasteiger partial charge in [0.15, 0.2) is 5.65 Å². The number of anilines is 1. The molecule has 0 bridgehead atoms. The summed E-state index contributed by atoms with van der Waals surface area (Å²) in [5.74, 6) is 0.581. The van der Waals surface area contributed by atoms with Crippen LogP contribution < -0.4 is 10.9 Å². The molecule has 4 aromatic rings. The van der Waals surface area contributed by atoms with Crippen molar-refractivity contribution in [2.24, 2.45) is 0 Å². The van der Waals surface area contributed by atoms with Crippen molar-refractivity contribution in [2.45, 2.75) is 13.5 Å². The van der Waals surface area contributed by atoms with Crippen molar-refractivity contribution < 1.29 is 0 Å². The van der Waals surface area contributed by atoms with Gasteiger partial charge in [-0.05, 0) is 24.6 Å². The molecule has 0 radical (unpaired) electrons. The number of benzene rings is 1. The number of rotatable bonds is 3. The number of hydrogen-bond acceptors (Lipinski definition) is 5. The van der Waals surface area contributed by atoms with Crippen LogP contribution in [0.2, 0.25) is 0 Å². The number of aromatic amines is 2. The molecule has 0 aliphatic heterocycles. The number of nitrogens with zero attached hydrogens (tertiary/aromatic N) is 3. The minimum atomic E-state index is -0.119. The third-order valence-corrected chi connectivity index (χ3v) is 3.76. The molecule has 0 spiro atoms. The van der Waals surface area contributed by atoms with Crippen LogP contribution in [0.5, 0.6) is 0 Å². The SMILES string of the molecule is Cc1cccc2nc(CNc3ccnc4nc[nH]c34)[nH]c(=O)c12. The molecule has 0 aliphatic rings. The average molecular weight is 306 g/mol. The summed E-state index contributed by atoms with van der Waals surface area (Å²) in [4.78, 5) is 30.9. The number of hydrogen-bond donors (Lipinski definition) is 3. The monoisotopic (exact) mass is 306 g/mol. The van der Waals surface area contributed by atoms with Crippen LogP contribution in [0.3, 0.4) is 0 Å². The molecule has 0 fully saturated rings. The molecule has 1 aromatic carbocycles. The fourth-order valence-corrected chi connectivity index (χ4v) is 2.67. The Labute approximate surface area is 130 Å². The first-order chi connectivity index (χ1) is 11.2. The van der Waals surface area contributed by atoms with Gasteiger partial charge in [0.25, 0.3) is 5.56 Å². The molecule has 7 heteroatoms. The van der Waals surface area contributed by atoms with E-state index >= 15 is 0 Å². The third-order valence-electron chi connectivity index (χ3n) is 3.76. The van der Waals surface area contributed by atoms with E-state index in [0.29, 0.717) is 28.9 Å². The molecule has 0 atom stereocenters. The minimum Gasteiger partial charge on any atom is -0.376 e. The van der Waals surface area contributed by atoms with E-state index in [1.807, 2.05) is 31.2 Å². The molecular weight excluding hydrogens is 292 g/mol. The topological polar surface area (TPSA) is 99.3 Å². The third kappa shape index (κ3) is 2.32. The van der Waals surface area contributed by atoms with E-state index in [0.717, 1.165) is 16.8 Å². The molecule has 0 unspecified atom stereocenters. The second kappa shape index (κ2) is 5.20. The maximum Gasteiger partial charge on any atom is 0.259 e. The molecule has 0 saturated heterocycles. The van der Waals surface area contributed by atoms with E-state index < -0.39 is 0 Å². The minimum absolute atomic E-state index is 0.119. The van der Waals surface area contributed by atoms with Crippen LogP contribution in [0.4, 0.5) is 5.69 Å². The number of aromatic nitrogens is 5. The zero-order chi connectivity index (χ0) is 15.8. The number of aryl methyl sites for hydroxylation is 1. The fraction of sp³-hybridized carbons (Fsp3) is 0.125. The van der Waals surface area contributed by atoms with Gasteiger partial charge in [-0.1, -0.05) is 12.1 Å². The van der Waals surface area contributed by atoms with Crippen molar-refractivity contribution in [3.8, 4) is 0 Å². The van der Waals surface area contributed by atoms with Crippen molar-refractivity contribution >= 4 is 27.8 Å². The quantitative estimate of drug-likeness (QED) is 0.538. The zero-order valence-corrected chi connectivity index (χ0v) is 12.4. The normalized spacial score (nSPS) is 11.2. The van der Waals surface area contributed by atoms with Crippen LogP contribution in [0.25, 0.3) is 22.1 Å². The summed E-state index contributed by atoms with van der Waals surface area (Å²) in [7, 11) is 0. The predicted molar refractivity (Wildman–Crippen MR) is 88.3 cm³/mol. The van der Waals surface area contributed by atoms with E-state index in [2.05, 4.69) is 30.2 Å². The Bertz CT molecular complexity index is 1060. The van der Waals surface area contributed by atoms with Gasteiger partial charge < -0.3 is 15.3 Å². The highest BCUT2D eigenvalue weighted by molar-refractivity contribution is 5.84. The highest BCUT2D eigenvalue weighted by Gasteiger charge is 2.07. The van der Waals surface area contributed by atoms with E-state index in [1.165, 1.54) is 0 Å². The second-order valence-corrected chi connectivity index (χ2v) is 5.29. The van der Waals surface area contributed by atoms with E-state index in [9.17, 15) is 4.79 Å². The van der Waals surface area contributed by atoms with Gasteiger partial charge >= 0.3 is 0 Å². The van der Waals surface area contributed by atoms with Crippen molar-refractivity contribution in [1.29, 1.82) is 0 Å². The van der Waals surface area contributed by atoms with Crippen LogP contribution in [0, 0.1) is 6.92 Å². The van der Waals surface area contributed by atoms with E-state index in [-0.39, 0.29) is 5.56 Å². The first-order valence-corrected chi connectivity index (χ1v) is 7.23. The lowest BCUT2D eigenvalue weighted by Crippen LogP contribution is -2.15. The van der Waals surface area contributed by atoms with Gasteiger partial charge in [0.2, 0.25) is 0 Å². The van der Waals surface area contributed by atoms with E-state index in [4.69, 9.17) is 0 Å². The highest BCUT2D eigenvalue weighted by Crippen LogP contribution is 2.18. The summed E-state index contributed by atoms with van der Waals surface area (Å²) in [6.07, 6.45) is 3.28. The lowest BCUT2D eigenvalue weighted by Gasteiger charge is -2.08. The molecule has 0 aliphatic carbocycles. The summed E-state index contributed by atoms with van der Waals surface area (Å²) in [6.45, 7) is 2.31. The predicted octanol–water partition coefficient (Wildman–Crippen LogP) is 2.11. The van der Waals surface area contributed by atoms with Crippen LogP contribution >= 0.6 is 0 Å². The molecule has 3 heterocycles. The van der Waals surface area contributed by atoms with Gasteiger partial charge in [-0.25, -0.2) is 15.0 Å². The smallest absolute Gasteiger partial charge is 0.259 e. The van der Waals surface area contributed by atoms with Gasteiger partial charge in [0.05, 0.1) is 29.5 Å². The first-order valence-electron chi connectivity index (χ1n) is 7.23. The number of H-pyrrole nitrogens is 2. The Kier molecular flexibility index (Phi) is 3.04. The maximum atomic E-state index is 12.3. The highest BCUT2D eigenvalue weighted by atomic mass is 16.1. The van der Waals surface area contributed by atoms with Gasteiger partial charge in [-0.3, -0.25) is 4.79 Å². The van der Waals surface area contributed by atoms with E-state index in [1.54, 1.807) is 12.5 Å². The standard InChI is InChI=1S/C16H14N6O/c1-9-3-2-4-10-13(9)16(23)22-12(21-10)7-18-11-5-6-17-15-14(11)19-8-20-15/h2-6,8H,7H2,1H3,(H,21,22,23)(H2,17,18,19,20). The van der Waals surface area contributed by atoms with Crippen molar-refractivity contribution in [1.82, 2.24) is 24.9 Å². The van der Waals surface area contributed by atoms with Crippen molar-refractivity contribution in [3.05, 3.63) is 58.5 Å². The van der Waals surface area contributed by atoms with Gasteiger partial charge in [-0.15, -0.1) is 0 Å². The van der Waals surface area contributed by atoms with Gasteiger partial charge in [0.1, 0.15) is 11.3 Å². The molecule has 3 N–H and O–H groups in total. The molecular formula is C16H14N6O. The van der Waals surface area contributed by atoms with Gasteiger partial charge in [0, 0.05) is 6.20 Å². The number of imidazole rings is 1. The lowest BCUT2D eigenvalue weighted by atomic mass is 10.1. The number of nitrogens with one attached hydrogen (secondary N) is 3. The molecule has 0 saturated carbocycles. The Balaban J connectivity index is 1.68. The average Bonchev–Trinajstić information content (AvgIpc) is 3.02. The van der Waals surface area contributed by atoms with Crippen molar-refractivity contribution in [2.75, 3.05) is 5.32 Å². The summed E-state index contributed by atoms with van der Waals surface area (Å²) in [5, 5.41) is 3.89. The number of fused-ring (bicyclic) bond motifs is 2. The Morgan fingerprint density at radius 1 is 1.22 bits per heavy atom. The van der Waals surface area contributed by atoms with Crippen LogP contribution in [0.15, 0.2) is 41.6 Å². The Hall–Kier alpha value is -3.22. The lowest BCUT2D eigenvalue weighted by molar-refractivity contribution is 0.953. The summed E-state index contributed by atoms with van der Waals surface area (Å²) in [5.41, 5.74) is 3.83. The molecule has 114 valence electrons. The van der Waals surface area contributed by atoms with Gasteiger partial charge in [-0.2, -0.15) is 0 Å². The largest absolute Gasteiger partial charge is 0.376 e. The second-order valence-electron chi connectivity index (χ2n) is 5.29. The zero-order valence-electron chi connectivity index (χ0n) is 12.4.